The van der Waals surface area contributed by atoms with Crippen LogP contribution in [0, 0.1) is 0 Å². The quantitative estimate of drug-likeness (QED) is 0.713. The van der Waals surface area contributed by atoms with Crippen LogP contribution in [0.15, 0.2) is 30.3 Å². The topological polar surface area (TPSA) is 27.3 Å². The van der Waals surface area contributed by atoms with Crippen LogP contribution in [-0.2, 0) is 5.75 Å². The van der Waals surface area contributed by atoms with E-state index in [1.54, 1.807) is 6.07 Å². The third-order valence-electron chi connectivity index (χ3n) is 5.70. The molecule has 0 spiro atoms. The zero-order chi connectivity index (χ0) is 17.7. The third-order valence-corrected chi connectivity index (χ3v) is 7.23. The molecule has 3 aliphatic heterocycles. The number of benzene rings is 2. The summed E-state index contributed by atoms with van der Waals surface area (Å²) in [6.45, 7) is 3.37. The van der Waals surface area contributed by atoms with Crippen LogP contribution >= 0.6 is 35.0 Å². The lowest BCUT2D eigenvalue weighted by Gasteiger charge is -2.33. The van der Waals surface area contributed by atoms with Crippen molar-refractivity contribution in [1.29, 1.82) is 0 Å². The monoisotopic (exact) mass is 405 g/mol. The molecule has 3 aliphatic rings. The van der Waals surface area contributed by atoms with Gasteiger partial charge in [0.1, 0.15) is 0 Å². The summed E-state index contributed by atoms with van der Waals surface area (Å²) in [4.78, 5) is 2.69. The number of fused-ring (bicyclic) bond motifs is 3. The summed E-state index contributed by atoms with van der Waals surface area (Å²) in [5, 5.41) is 8.42. The Morgan fingerprint density at radius 3 is 3.00 bits per heavy atom. The highest BCUT2D eigenvalue weighted by molar-refractivity contribution is 7.98. The highest BCUT2D eigenvalue weighted by Gasteiger charge is 2.41. The van der Waals surface area contributed by atoms with Crippen molar-refractivity contribution in [3.8, 4) is 0 Å². The molecular formula is C20H21Cl2N3S. The Balaban J connectivity index is 1.57. The van der Waals surface area contributed by atoms with E-state index in [0.29, 0.717) is 22.0 Å². The first-order valence-electron chi connectivity index (χ1n) is 9.15. The Labute approximate surface area is 168 Å². The van der Waals surface area contributed by atoms with Gasteiger partial charge in [-0.25, -0.2) is 0 Å². The summed E-state index contributed by atoms with van der Waals surface area (Å²) in [7, 11) is 0. The highest BCUT2D eigenvalue weighted by atomic mass is 35.5. The number of nitrogens with zero attached hydrogens (tertiary/aromatic N) is 1. The Kier molecular flexibility index (Phi) is 4.48. The molecule has 0 unspecified atom stereocenters. The van der Waals surface area contributed by atoms with Gasteiger partial charge in [0.2, 0.25) is 0 Å². The van der Waals surface area contributed by atoms with E-state index in [2.05, 4.69) is 27.7 Å². The molecule has 1 fully saturated rings. The molecule has 5 rings (SSSR count). The molecule has 0 aliphatic carbocycles. The lowest BCUT2D eigenvalue weighted by molar-refractivity contribution is 0.406. The minimum absolute atomic E-state index is 0.586. The smallest absolute Gasteiger partial charge is 0.0655 e. The minimum atomic E-state index is 0.586. The van der Waals surface area contributed by atoms with Gasteiger partial charge in [-0.05, 0) is 54.4 Å². The van der Waals surface area contributed by atoms with E-state index in [4.69, 9.17) is 23.2 Å². The molecule has 26 heavy (non-hydrogen) atoms. The van der Waals surface area contributed by atoms with Crippen molar-refractivity contribution in [3.05, 3.63) is 51.5 Å². The van der Waals surface area contributed by atoms with Crippen LogP contribution in [-0.4, -0.2) is 31.4 Å². The number of nitrogens with one attached hydrogen (secondary N) is 2. The molecule has 0 amide bonds. The van der Waals surface area contributed by atoms with E-state index in [1.165, 1.54) is 35.5 Å². The maximum atomic E-state index is 6.37. The molecule has 1 saturated heterocycles. The first-order chi connectivity index (χ1) is 12.7. The zero-order valence-electron chi connectivity index (χ0n) is 14.4. The fourth-order valence-corrected chi connectivity index (χ4v) is 5.97. The van der Waals surface area contributed by atoms with Gasteiger partial charge in [-0.3, -0.25) is 0 Å². The van der Waals surface area contributed by atoms with Crippen LogP contribution in [0.1, 0.15) is 23.5 Å². The Hall–Kier alpha value is -1.07. The molecular weight excluding hydrogens is 385 g/mol. The average Bonchev–Trinajstić information content (AvgIpc) is 2.80. The van der Waals surface area contributed by atoms with Gasteiger partial charge >= 0.3 is 0 Å². The molecule has 0 saturated carbocycles. The summed E-state index contributed by atoms with van der Waals surface area (Å²) in [5.41, 5.74) is 6.47. The second-order valence-electron chi connectivity index (χ2n) is 7.23. The summed E-state index contributed by atoms with van der Waals surface area (Å²) in [6, 6.07) is 10.9. The van der Waals surface area contributed by atoms with Crippen molar-refractivity contribution in [2.45, 2.75) is 24.1 Å². The fraction of sp³-hybridized carbons (Fsp3) is 0.400. The first kappa shape index (κ1) is 17.1. The van der Waals surface area contributed by atoms with Gasteiger partial charge < -0.3 is 15.5 Å². The Morgan fingerprint density at radius 1 is 1.19 bits per heavy atom. The van der Waals surface area contributed by atoms with Gasteiger partial charge in [0.05, 0.1) is 10.7 Å². The van der Waals surface area contributed by atoms with Crippen molar-refractivity contribution in [1.82, 2.24) is 5.32 Å². The highest BCUT2D eigenvalue weighted by Crippen LogP contribution is 2.49. The Bertz CT molecular complexity index is 857. The molecule has 136 valence electrons. The van der Waals surface area contributed by atoms with Gasteiger partial charge in [0, 0.05) is 53.0 Å². The molecule has 3 heterocycles. The number of halogens is 2. The molecule has 6 heteroatoms. The molecule has 2 aromatic carbocycles. The molecule has 2 atom stereocenters. The molecule has 0 aromatic heterocycles. The van der Waals surface area contributed by atoms with Gasteiger partial charge in [-0.1, -0.05) is 23.2 Å². The van der Waals surface area contributed by atoms with Crippen molar-refractivity contribution in [2.75, 3.05) is 35.6 Å². The molecule has 2 aromatic rings. The maximum Gasteiger partial charge on any atom is 0.0655 e. The first-order valence-corrected chi connectivity index (χ1v) is 11.1. The number of rotatable bonds is 2. The predicted octanol–water partition coefficient (Wildman–Crippen LogP) is 5.25. The van der Waals surface area contributed by atoms with Gasteiger partial charge in [-0.15, -0.1) is 0 Å². The lowest BCUT2D eigenvalue weighted by atomic mass is 9.89. The zero-order valence-corrected chi connectivity index (χ0v) is 16.7. The lowest BCUT2D eigenvalue weighted by Crippen LogP contribution is -2.44. The van der Waals surface area contributed by atoms with Gasteiger partial charge in [0.25, 0.3) is 0 Å². The van der Waals surface area contributed by atoms with E-state index >= 15 is 0 Å². The normalized spacial score (nSPS) is 24.0. The van der Waals surface area contributed by atoms with E-state index < -0.39 is 0 Å². The molecule has 2 N–H and O–H groups in total. The van der Waals surface area contributed by atoms with Crippen LogP contribution in [0.3, 0.4) is 0 Å². The summed E-state index contributed by atoms with van der Waals surface area (Å²) in [5.74, 6) is 2.87. The second-order valence-corrected chi connectivity index (χ2v) is 9.18. The maximum absolute atomic E-state index is 6.37. The number of hydrogen-bond acceptors (Lipinski definition) is 4. The number of hydrogen-bond donors (Lipinski definition) is 2. The van der Waals surface area contributed by atoms with E-state index in [1.807, 2.05) is 23.9 Å². The van der Waals surface area contributed by atoms with Crippen molar-refractivity contribution >= 4 is 52.0 Å². The van der Waals surface area contributed by atoms with Gasteiger partial charge in [0.15, 0.2) is 0 Å². The van der Waals surface area contributed by atoms with Crippen molar-refractivity contribution in [3.63, 3.8) is 0 Å². The largest absolute Gasteiger partial charge is 0.367 e. The second kappa shape index (κ2) is 6.83. The average molecular weight is 406 g/mol. The van der Waals surface area contributed by atoms with E-state index in [-0.39, 0.29) is 0 Å². The van der Waals surface area contributed by atoms with Crippen LogP contribution in [0.25, 0.3) is 0 Å². The number of thioether (sulfide) groups is 1. The van der Waals surface area contributed by atoms with Crippen LogP contribution in [0.4, 0.5) is 17.1 Å². The third kappa shape index (κ3) is 2.88. The number of anilines is 3. The van der Waals surface area contributed by atoms with Crippen molar-refractivity contribution < 1.29 is 0 Å². The molecule has 0 radical (unpaired) electrons. The molecule has 3 nitrogen and oxygen atoms in total. The van der Waals surface area contributed by atoms with Crippen molar-refractivity contribution in [2.24, 2.45) is 0 Å². The summed E-state index contributed by atoms with van der Waals surface area (Å²) < 4.78 is 0. The summed E-state index contributed by atoms with van der Waals surface area (Å²) in [6.07, 6.45) is 1.23. The minimum Gasteiger partial charge on any atom is -0.367 e. The fourth-order valence-electron chi connectivity index (χ4n) is 4.60. The SMILES string of the molecule is Clc1ccc(Nc2cc3c4c(c2)[C@H]2CNCC[C@H]2N4CCSC3)c(Cl)c1. The van der Waals surface area contributed by atoms with Crippen LogP contribution in [0.5, 0.6) is 0 Å². The predicted molar refractivity (Wildman–Crippen MR) is 114 cm³/mol. The Morgan fingerprint density at radius 2 is 2.12 bits per heavy atom. The van der Waals surface area contributed by atoms with Crippen LogP contribution < -0.4 is 15.5 Å². The standard InChI is InChI=1S/C20H21Cl2N3S/c21-13-1-2-18(17(22)8-13)24-14-7-12-11-26-6-5-25-19-3-4-23-10-16(19)15(9-14)20(12)25/h1-2,7-9,16,19,23-24H,3-6,10-11H2/t16-,19-/m1/s1. The molecule has 0 bridgehead atoms. The van der Waals surface area contributed by atoms with Crippen LogP contribution in [0.2, 0.25) is 10.0 Å². The van der Waals surface area contributed by atoms with E-state index in [0.717, 1.165) is 30.2 Å². The summed E-state index contributed by atoms with van der Waals surface area (Å²) >= 11 is 14.4. The van der Waals surface area contributed by atoms with E-state index in [9.17, 15) is 0 Å². The number of piperidine rings is 1. The van der Waals surface area contributed by atoms with Gasteiger partial charge in [-0.2, -0.15) is 11.8 Å².